The van der Waals surface area contributed by atoms with Crippen molar-refractivity contribution in [2.24, 2.45) is 0 Å². The molecule has 0 bridgehead atoms. The molecule has 20 heavy (non-hydrogen) atoms. The van der Waals surface area contributed by atoms with Crippen LogP contribution in [0.25, 0.3) is 0 Å². The summed E-state index contributed by atoms with van der Waals surface area (Å²) in [5.74, 6) is 0.508. The van der Waals surface area contributed by atoms with Crippen molar-refractivity contribution in [2.75, 3.05) is 5.33 Å². The first kappa shape index (κ1) is 13.9. The minimum atomic E-state index is -0.516. The first-order valence-corrected chi connectivity index (χ1v) is 7.93. The molecule has 0 aromatic heterocycles. The number of hydrogen-bond donors (Lipinski definition) is 0. The maximum atomic E-state index is 13.4. The van der Waals surface area contributed by atoms with Gasteiger partial charge in [0.15, 0.2) is 0 Å². The van der Waals surface area contributed by atoms with Crippen LogP contribution in [0.5, 0.6) is 5.75 Å². The van der Waals surface area contributed by atoms with Crippen molar-refractivity contribution in [3.8, 4) is 5.75 Å². The van der Waals surface area contributed by atoms with Crippen molar-refractivity contribution < 1.29 is 9.13 Å². The summed E-state index contributed by atoms with van der Waals surface area (Å²) in [5.41, 5.74) is 1.33. The molecule has 0 spiro atoms. The molecule has 0 fully saturated rings. The van der Waals surface area contributed by atoms with Crippen LogP contribution < -0.4 is 4.74 Å². The van der Waals surface area contributed by atoms with Gasteiger partial charge in [0.2, 0.25) is 0 Å². The van der Waals surface area contributed by atoms with Crippen molar-refractivity contribution in [1.29, 1.82) is 0 Å². The Labute approximate surface area is 130 Å². The van der Waals surface area contributed by atoms with Gasteiger partial charge in [0.05, 0.1) is 0 Å². The number of benzene rings is 2. The normalized spacial score (nSPS) is 20.6. The van der Waals surface area contributed by atoms with Gasteiger partial charge >= 0.3 is 0 Å². The first-order chi connectivity index (χ1) is 9.64. The molecule has 104 valence electrons. The number of fused-ring (bicyclic) bond motifs is 1. The molecule has 1 atom stereocenters. The van der Waals surface area contributed by atoms with Gasteiger partial charge in [-0.1, -0.05) is 45.7 Å². The van der Waals surface area contributed by atoms with Crippen LogP contribution >= 0.6 is 27.5 Å². The van der Waals surface area contributed by atoms with Gasteiger partial charge in [-0.15, -0.1) is 0 Å². The Bertz CT molecular complexity index is 646. The summed E-state index contributed by atoms with van der Waals surface area (Å²) in [7, 11) is 0. The molecular weight excluding hydrogens is 343 g/mol. The molecule has 1 aliphatic heterocycles. The second-order valence-electron chi connectivity index (χ2n) is 4.94. The first-order valence-electron chi connectivity index (χ1n) is 6.43. The summed E-state index contributed by atoms with van der Waals surface area (Å²) in [6, 6.07) is 12.3. The molecule has 0 radical (unpaired) electrons. The monoisotopic (exact) mass is 354 g/mol. The second kappa shape index (κ2) is 5.38. The van der Waals surface area contributed by atoms with E-state index in [1.165, 1.54) is 6.07 Å². The third kappa shape index (κ3) is 2.33. The maximum absolute atomic E-state index is 13.4. The molecule has 2 aromatic rings. The van der Waals surface area contributed by atoms with Gasteiger partial charge in [-0.05, 0) is 24.3 Å². The standard InChI is InChI=1S/C16H13BrClFO/c17-8-7-16(13-3-1-2-4-14(13)18)10-11-9-12(19)5-6-15(11)20-16/h1-6,9H,7-8,10H2. The highest BCUT2D eigenvalue weighted by molar-refractivity contribution is 9.09. The van der Waals surface area contributed by atoms with Crippen LogP contribution in [0.2, 0.25) is 5.02 Å². The van der Waals surface area contributed by atoms with E-state index in [0.29, 0.717) is 11.4 Å². The van der Waals surface area contributed by atoms with Crippen LogP contribution in [0.1, 0.15) is 17.5 Å². The molecule has 1 aliphatic rings. The van der Waals surface area contributed by atoms with Crippen LogP contribution in [0, 0.1) is 5.82 Å². The average molecular weight is 356 g/mol. The zero-order valence-electron chi connectivity index (χ0n) is 10.7. The molecule has 0 saturated heterocycles. The van der Waals surface area contributed by atoms with Crippen molar-refractivity contribution in [2.45, 2.75) is 18.4 Å². The molecule has 0 amide bonds. The number of alkyl halides is 1. The van der Waals surface area contributed by atoms with Crippen LogP contribution in [0.15, 0.2) is 42.5 Å². The van der Waals surface area contributed by atoms with Crippen molar-refractivity contribution >= 4 is 27.5 Å². The van der Waals surface area contributed by atoms with E-state index in [9.17, 15) is 4.39 Å². The lowest BCUT2D eigenvalue weighted by atomic mass is 9.87. The zero-order chi connectivity index (χ0) is 14.2. The summed E-state index contributed by atoms with van der Waals surface area (Å²) < 4.78 is 19.6. The lowest BCUT2D eigenvalue weighted by molar-refractivity contribution is 0.0903. The average Bonchev–Trinajstić information content (AvgIpc) is 2.78. The fourth-order valence-electron chi connectivity index (χ4n) is 2.75. The Morgan fingerprint density at radius 3 is 2.80 bits per heavy atom. The van der Waals surface area contributed by atoms with Gasteiger partial charge < -0.3 is 4.74 Å². The van der Waals surface area contributed by atoms with E-state index in [1.54, 1.807) is 12.1 Å². The lowest BCUT2D eigenvalue weighted by Gasteiger charge is -2.29. The van der Waals surface area contributed by atoms with Gasteiger partial charge in [0, 0.05) is 34.3 Å². The van der Waals surface area contributed by atoms with Crippen molar-refractivity contribution in [3.05, 3.63) is 64.4 Å². The van der Waals surface area contributed by atoms with Crippen LogP contribution in [-0.2, 0) is 12.0 Å². The SMILES string of the molecule is Fc1ccc2c(c1)CC(CCBr)(c1ccccc1Cl)O2. The third-order valence-electron chi connectivity index (χ3n) is 3.67. The predicted octanol–water partition coefficient (Wildman–Crippen LogP) is 5.09. The Kier molecular flexibility index (Phi) is 3.74. The molecule has 1 heterocycles. The molecule has 4 heteroatoms. The molecule has 1 unspecified atom stereocenters. The second-order valence-corrected chi connectivity index (χ2v) is 6.14. The zero-order valence-corrected chi connectivity index (χ0v) is 13.0. The minimum absolute atomic E-state index is 0.235. The summed E-state index contributed by atoms with van der Waals surface area (Å²) in [5, 5.41) is 1.47. The van der Waals surface area contributed by atoms with Gasteiger partial charge in [-0.2, -0.15) is 0 Å². The fourth-order valence-corrected chi connectivity index (χ4v) is 3.70. The van der Waals surface area contributed by atoms with Crippen LogP contribution in [0.3, 0.4) is 0 Å². The van der Waals surface area contributed by atoms with E-state index in [0.717, 1.165) is 28.6 Å². The summed E-state index contributed by atoms with van der Waals surface area (Å²) in [6.07, 6.45) is 1.41. The van der Waals surface area contributed by atoms with Crippen LogP contribution in [0.4, 0.5) is 4.39 Å². The molecular formula is C16H13BrClFO. The molecule has 0 N–H and O–H groups in total. The Morgan fingerprint density at radius 2 is 2.05 bits per heavy atom. The van der Waals surface area contributed by atoms with E-state index in [1.807, 2.05) is 24.3 Å². The van der Waals surface area contributed by atoms with Gasteiger partial charge in [0.25, 0.3) is 0 Å². The summed E-state index contributed by atoms with van der Waals surface area (Å²) >= 11 is 9.81. The quantitative estimate of drug-likeness (QED) is 0.696. The number of ether oxygens (including phenoxy) is 1. The maximum Gasteiger partial charge on any atom is 0.140 e. The minimum Gasteiger partial charge on any atom is -0.482 e. The highest BCUT2D eigenvalue weighted by Gasteiger charge is 2.41. The molecule has 2 aromatic carbocycles. The van der Waals surface area contributed by atoms with Gasteiger partial charge in [-0.25, -0.2) is 4.39 Å². The van der Waals surface area contributed by atoms with Crippen LogP contribution in [-0.4, -0.2) is 5.33 Å². The fraction of sp³-hybridized carbons (Fsp3) is 0.250. The third-order valence-corrected chi connectivity index (χ3v) is 4.39. The smallest absolute Gasteiger partial charge is 0.140 e. The summed E-state index contributed by atoms with van der Waals surface area (Å²) in [6.45, 7) is 0. The van der Waals surface area contributed by atoms with E-state index < -0.39 is 5.60 Å². The molecule has 0 aliphatic carbocycles. The summed E-state index contributed by atoms with van der Waals surface area (Å²) in [4.78, 5) is 0. The molecule has 1 nitrogen and oxygen atoms in total. The van der Waals surface area contributed by atoms with Crippen molar-refractivity contribution in [3.63, 3.8) is 0 Å². The number of rotatable bonds is 3. The van der Waals surface area contributed by atoms with E-state index in [2.05, 4.69) is 15.9 Å². The van der Waals surface area contributed by atoms with Crippen molar-refractivity contribution in [1.82, 2.24) is 0 Å². The topological polar surface area (TPSA) is 9.23 Å². The van der Waals surface area contributed by atoms with Gasteiger partial charge in [-0.3, -0.25) is 0 Å². The highest BCUT2D eigenvalue weighted by Crippen LogP contribution is 2.46. The highest BCUT2D eigenvalue weighted by atomic mass is 79.9. The number of halogens is 3. The lowest BCUT2D eigenvalue weighted by Crippen LogP contribution is -2.32. The van der Waals surface area contributed by atoms with Gasteiger partial charge in [0.1, 0.15) is 17.2 Å². The predicted molar refractivity (Wildman–Crippen MR) is 82.3 cm³/mol. The molecule has 3 rings (SSSR count). The Balaban J connectivity index is 2.07. The molecule has 0 saturated carbocycles. The Morgan fingerprint density at radius 1 is 1.25 bits per heavy atom. The number of hydrogen-bond acceptors (Lipinski definition) is 1. The van der Waals surface area contributed by atoms with E-state index in [4.69, 9.17) is 16.3 Å². The van der Waals surface area contributed by atoms with E-state index in [-0.39, 0.29) is 5.82 Å². The Hall–Kier alpha value is -1.06. The van der Waals surface area contributed by atoms with E-state index >= 15 is 0 Å². The largest absolute Gasteiger partial charge is 0.482 e.